The van der Waals surface area contributed by atoms with Gasteiger partial charge < -0.3 is 20.5 Å². The molecule has 0 bridgehead atoms. The van der Waals surface area contributed by atoms with Crippen LogP contribution in [0.1, 0.15) is 16.8 Å². The zero-order chi connectivity index (χ0) is 23.4. The summed E-state index contributed by atoms with van der Waals surface area (Å²) in [6, 6.07) is 19.2. The lowest BCUT2D eigenvalue weighted by Crippen LogP contribution is -2.37. The Bertz CT molecular complexity index is 1160. The van der Waals surface area contributed by atoms with E-state index in [-0.39, 0.29) is 12.5 Å². The number of likely N-dealkylation sites (N-methyl/N-ethyl adjacent to an activating group) is 1. The number of amides is 2. The number of hydrogen-bond donors (Lipinski definition) is 2. The molecule has 3 aromatic rings. The highest BCUT2D eigenvalue weighted by atomic mass is 16.5. The topological polar surface area (TPSA) is 96.1 Å². The highest BCUT2D eigenvalue weighted by Crippen LogP contribution is 2.27. The molecule has 2 amide bonds. The average Bonchev–Trinajstić information content (AvgIpc) is 2.98. The van der Waals surface area contributed by atoms with Gasteiger partial charge in [0.2, 0.25) is 11.8 Å². The number of benzene rings is 3. The first-order chi connectivity index (χ1) is 15.9. The van der Waals surface area contributed by atoms with Gasteiger partial charge in [0.25, 0.3) is 0 Å². The predicted octanol–water partition coefficient (Wildman–Crippen LogP) is 2.51. The average molecular weight is 448 g/mol. The summed E-state index contributed by atoms with van der Waals surface area (Å²) in [4.78, 5) is 27.1. The van der Waals surface area contributed by atoms with E-state index in [0.29, 0.717) is 37.4 Å². The van der Waals surface area contributed by atoms with Crippen LogP contribution in [-0.4, -0.2) is 72.7 Å². The van der Waals surface area contributed by atoms with Gasteiger partial charge in [0.05, 0.1) is 0 Å². The zero-order valence-corrected chi connectivity index (χ0v) is 18.7. The molecule has 7 heteroatoms. The van der Waals surface area contributed by atoms with Crippen LogP contribution < -0.4 is 10.5 Å². The van der Waals surface area contributed by atoms with Crippen molar-refractivity contribution in [3.63, 3.8) is 0 Å². The van der Waals surface area contributed by atoms with Crippen LogP contribution >= 0.6 is 0 Å². The maximum atomic E-state index is 11.8. The van der Waals surface area contributed by atoms with Crippen LogP contribution in [0.5, 0.6) is 5.75 Å². The molecule has 1 saturated heterocycles. The van der Waals surface area contributed by atoms with Gasteiger partial charge in [0, 0.05) is 45.2 Å². The normalized spacial score (nSPS) is 15.9. The van der Waals surface area contributed by atoms with Crippen LogP contribution in [0, 0.1) is 0 Å². The van der Waals surface area contributed by atoms with Gasteiger partial charge in [-0.15, -0.1) is 0 Å². The van der Waals surface area contributed by atoms with E-state index in [9.17, 15) is 14.7 Å². The highest BCUT2D eigenvalue weighted by Gasteiger charge is 2.20. The van der Waals surface area contributed by atoms with Crippen LogP contribution in [0.4, 0.5) is 0 Å². The Kier molecular flexibility index (Phi) is 6.91. The van der Waals surface area contributed by atoms with E-state index < -0.39 is 12.0 Å². The summed E-state index contributed by atoms with van der Waals surface area (Å²) in [5, 5.41) is 12.5. The molecule has 1 aliphatic rings. The zero-order valence-electron chi connectivity index (χ0n) is 18.7. The second kappa shape index (κ2) is 10.0. The molecule has 0 aromatic heterocycles. The number of hydrogen-bond acceptors (Lipinski definition) is 5. The predicted molar refractivity (Wildman–Crippen MR) is 128 cm³/mol. The summed E-state index contributed by atoms with van der Waals surface area (Å²) in [6.07, 6.45) is -0.164. The lowest BCUT2D eigenvalue weighted by molar-refractivity contribution is -0.129. The van der Waals surface area contributed by atoms with Crippen LogP contribution in [0.2, 0.25) is 0 Å². The Labute approximate surface area is 193 Å². The molecule has 1 unspecified atom stereocenters. The number of carbonyl (C=O) groups is 2. The maximum absolute atomic E-state index is 11.8. The van der Waals surface area contributed by atoms with Crippen LogP contribution in [-0.2, 0) is 4.79 Å². The molecule has 1 heterocycles. The number of aliphatic hydroxyl groups excluding tert-OH is 1. The Morgan fingerprint density at radius 3 is 2.61 bits per heavy atom. The number of rotatable bonds is 7. The van der Waals surface area contributed by atoms with Crippen molar-refractivity contribution in [2.24, 2.45) is 5.73 Å². The fourth-order valence-corrected chi connectivity index (χ4v) is 4.04. The molecule has 33 heavy (non-hydrogen) atoms. The molecule has 1 fully saturated rings. The number of ether oxygens (including phenoxy) is 1. The van der Waals surface area contributed by atoms with Gasteiger partial charge in [-0.3, -0.25) is 14.5 Å². The summed E-state index contributed by atoms with van der Waals surface area (Å²) >= 11 is 0. The van der Waals surface area contributed by atoms with E-state index in [2.05, 4.69) is 11.0 Å². The van der Waals surface area contributed by atoms with Gasteiger partial charge >= 0.3 is 0 Å². The molecule has 4 rings (SSSR count). The van der Waals surface area contributed by atoms with Crippen LogP contribution in [0.15, 0.2) is 60.7 Å². The fourth-order valence-electron chi connectivity index (χ4n) is 4.04. The molecule has 3 N–H and O–H groups in total. The number of β-amino-alcohol motifs (C(OH)–C–C–N with tert-alkyl or cyclic N) is 1. The number of primary amides is 1. The molecule has 172 valence electrons. The second-order valence-corrected chi connectivity index (χ2v) is 8.50. The van der Waals surface area contributed by atoms with E-state index in [0.717, 1.165) is 28.4 Å². The molecule has 0 radical (unpaired) electrons. The summed E-state index contributed by atoms with van der Waals surface area (Å²) in [5.74, 6) is 0.386. The van der Waals surface area contributed by atoms with Crippen molar-refractivity contribution in [2.75, 3.05) is 39.8 Å². The number of nitrogens with two attached hydrogens (primary N) is 1. The van der Waals surface area contributed by atoms with Crippen molar-refractivity contribution < 1.29 is 19.4 Å². The second-order valence-electron chi connectivity index (χ2n) is 8.50. The monoisotopic (exact) mass is 447 g/mol. The third kappa shape index (κ3) is 5.69. The SMILES string of the molecule is CN1CCN(CC(O)COc2ccc3cc(-c4cccc(C(N)=O)c4)ccc3c2)CCC1=O. The summed E-state index contributed by atoms with van der Waals surface area (Å²) in [6.45, 7) is 2.74. The number of carbonyl (C=O) groups excluding carboxylic acids is 2. The fraction of sp³-hybridized carbons (Fsp3) is 0.308. The molecule has 3 aromatic carbocycles. The molecule has 1 atom stereocenters. The van der Waals surface area contributed by atoms with Gasteiger partial charge in [-0.05, 0) is 52.2 Å². The molecular formula is C26H29N3O4. The molecule has 0 spiro atoms. The molecular weight excluding hydrogens is 418 g/mol. The van der Waals surface area contributed by atoms with E-state index in [1.165, 1.54) is 0 Å². The van der Waals surface area contributed by atoms with Crippen LogP contribution in [0.25, 0.3) is 21.9 Å². The van der Waals surface area contributed by atoms with E-state index >= 15 is 0 Å². The van der Waals surface area contributed by atoms with E-state index in [1.807, 2.05) is 49.5 Å². The number of fused-ring (bicyclic) bond motifs is 1. The first-order valence-corrected chi connectivity index (χ1v) is 11.1. The Morgan fingerprint density at radius 2 is 1.79 bits per heavy atom. The minimum absolute atomic E-state index is 0.142. The van der Waals surface area contributed by atoms with Gasteiger partial charge in [-0.1, -0.05) is 30.3 Å². The van der Waals surface area contributed by atoms with Gasteiger partial charge in [0.15, 0.2) is 0 Å². The van der Waals surface area contributed by atoms with E-state index in [4.69, 9.17) is 10.5 Å². The summed E-state index contributed by atoms with van der Waals surface area (Å²) in [5.41, 5.74) is 7.80. The highest BCUT2D eigenvalue weighted by molar-refractivity contribution is 5.95. The van der Waals surface area contributed by atoms with Crippen molar-refractivity contribution in [3.8, 4) is 16.9 Å². The van der Waals surface area contributed by atoms with Crippen molar-refractivity contribution in [2.45, 2.75) is 12.5 Å². The molecule has 1 aliphatic heterocycles. The van der Waals surface area contributed by atoms with Gasteiger partial charge in [-0.25, -0.2) is 0 Å². The van der Waals surface area contributed by atoms with Crippen molar-refractivity contribution >= 4 is 22.6 Å². The first-order valence-electron chi connectivity index (χ1n) is 11.1. The third-order valence-electron chi connectivity index (χ3n) is 6.02. The third-order valence-corrected chi connectivity index (χ3v) is 6.02. The molecule has 0 aliphatic carbocycles. The minimum atomic E-state index is -0.640. The van der Waals surface area contributed by atoms with Gasteiger partial charge in [-0.2, -0.15) is 0 Å². The lowest BCUT2D eigenvalue weighted by atomic mass is 9.99. The number of aliphatic hydroxyl groups is 1. The Morgan fingerprint density at radius 1 is 1.03 bits per heavy atom. The molecule has 0 saturated carbocycles. The Hall–Kier alpha value is -3.42. The van der Waals surface area contributed by atoms with Gasteiger partial charge in [0.1, 0.15) is 18.5 Å². The van der Waals surface area contributed by atoms with Crippen molar-refractivity contribution in [1.82, 2.24) is 9.80 Å². The Balaban J connectivity index is 1.38. The van der Waals surface area contributed by atoms with Crippen LogP contribution in [0.3, 0.4) is 0 Å². The quantitative estimate of drug-likeness (QED) is 0.580. The first kappa shape index (κ1) is 22.8. The largest absolute Gasteiger partial charge is 0.491 e. The standard InChI is InChI=1S/C26H29N3O4/c1-28-11-12-29(10-9-25(28)31)16-23(30)17-33-24-8-7-20-13-19(5-6-21(20)15-24)18-3-2-4-22(14-18)26(27)32/h2-8,13-15,23,30H,9-12,16-17H2,1H3,(H2,27,32). The van der Waals surface area contributed by atoms with Crippen molar-refractivity contribution in [3.05, 3.63) is 66.2 Å². The van der Waals surface area contributed by atoms with E-state index in [1.54, 1.807) is 17.0 Å². The smallest absolute Gasteiger partial charge is 0.248 e. The number of nitrogens with zero attached hydrogens (tertiary/aromatic N) is 2. The summed E-state index contributed by atoms with van der Waals surface area (Å²) < 4.78 is 5.84. The maximum Gasteiger partial charge on any atom is 0.248 e. The minimum Gasteiger partial charge on any atom is -0.491 e. The van der Waals surface area contributed by atoms with Crippen molar-refractivity contribution in [1.29, 1.82) is 0 Å². The summed E-state index contributed by atoms with van der Waals surface area (Å²) in [7, 11) is 1.81. The molecule has 7 nitrogen and oxygen atoms in total. The lowest BCUT2D eigenvalue weighted by Gasteiger charge is -2.23.